The summed E-state index contributed by atoms with van der Waals surface area (Å²) in [5.41, 5.74) is 1.08. The van der Waals surface area contributed by atoms with Gasteiger partial charge in [0.15, 0.2) is 15.8 Å². The number of sulfone groups is 1. The highest BCUT2D eigenvalue weighted by Crippen LogP contribution is 2.31. The van der Waals surface area contributed by atoms with Gasteiger partial charge in [-0.15, -0.1) is 0 Å². The van der Waals surface area contributed by atoms with E-state index in [1.165, 1.54) is 0 Å². The minimum Gasteiger partial charge on any atom is -0.493 e. The SMILES string of the molecule is CCC(CS(=O)(=O)c1ccccc1)NC(=NC)NC1CCOc2ccccc21. The summed E-state index contributed by atoms with van der Waals surface area (Å²) in [5.74, 6) is 1.48. The van der Waals surface area contributed by atoms with Crippen molar-refractivity contribution in [3.05, 3.63) is 60.2 Å². The molecule has 150 valence electrons. The Kier molecular flexibility index (Phi) is 6.57. The van der Waals surface area contributed by atoms with Gasteiger partial charge >= 0.3 is 0 Å². The lowest BCUT2D eigenvalue weighted by Gasteiger charge is -2.29. The first-order valence-corrected chi connectivity index (χ1v) is 11.2. The van der Waals surface area contributed by atoms with Crippen LogP contribution in [0.5, 0.6) is 5.75 Å². The van der Waals surface area contributed by atoms with Gasteiger partial charge in [0.25, 0.3) is 0 Å². The molecule has 0 amide bonds. The Balaban J connectivity index is 1.68. The van der Waals surface area contributed by atoms with Crippen molar-refractivity contribution in [1.29, 1.82) is 0 Å². The molecule has 0 fully saturated rings. The van der Waals surface area contributed by atoms with Gasteiger partial charge in [-0.3, -0.25) is 4.99 Å². The van der Waals surface area contributed by atoms with Crippen LogP contribution in [0.1, 0.15) is 31.4 Å². The van der Waals surface area contributed by atoms with Gasteiger partial charge in [-0.2, -0.15) is 0 Å². The number of rotatable bonds is 6. The van der Waals surface area contributed by atoms with Crippen molar-refractivity contribution >= 4 is 15.8 Å². The van der Waals surface area contributed by atoms with Crippen LogP contribution in [-0.4, -0.2) is 39.8 Å². The normalized spacial score (nSPS) is 17.9. The molecule has 0 saturated heterocycles. The first-order valence-electron chi connectivity index (χ1n) is 9.53. The summed E-state index contributed by atoms with van der Waals surface area (Å²) < 4.78 is 31.1. The van der Waals surface area contributed by atoms with Crippen molar-refractivity contribution in [2.45, 2.75) is 36.7 Å². The first-order chi connectivity index (χ1) is 13.5. The van der Waals surface area contributed by atoms with Gasteiger partial charge in [0.05, 0.1) is 23.3 Å². The highest BCUT2D eigenvalue weighted by Gasteiger charge is 2.24. The molecule has 2 N–H and O–H groups in total. The van der Waals surface area contributed by atoms with E-state index in [1.807, 2.05) is 37.3 Å². The van der Waals surface area contributed by atoms with E-state index >= 15 is 0 Å². The van der Waals surface area contributed by atoms with Crippen LogP contribution in [0.4, 0.5) is 0 Å². The Morgan fingerprint density at radius 2 is 1.89 bits per heavy atom. The zero-order valence-corrected chi connectivity index (χ0v) is 17.1. The average Bonchev–Trinajstić information content (AvgIpc) is 2.73. The Morgan fingerprint density at radius 1 is 1.18 bits per heavy atom. The highest BCUT2D eigenvalue weighted by atomic mass is 32.2. The van der Waals surface area contributed by atoms with Crippen molar-refractivity contribution in [2.75, 3.05) is 19.4 Å². The third kappa shape index (κ3) is 4.84. The molecule has 2 aromatic rings. The van der Waals surface area contributed by atoms with E-state index in [-0.39, 0.29) is 17.8 Å². The molecule has 1 aliphatic rings. The number of guanidine groups is 1. The zero-order valence-electron chi connectivity index (χ0n) is 16.3. The Hall–Kier alpha value is -2.54. The molecular weight excluding hydrogens is 374 g/mol. The van der Waals surface area contributed by atoms with E-state index in [2.05, 4.69) is 15.6 Å². The minimum absolute atomic E-state index is 0.0125. The van der Waals surface area contributed by atoms with Crippen LogP contribution in [0.3, 0.4) is 0 Å². The second-order valence-electron chi connectivity index (χ2n) is 6.79. The maximum atomic E-state index is 12.7. The maximum absolute atomic E-state index is 12.7. The predicted octanol–water partition coefficient (Wildman–Crippen LogP) is 2.93. The minimum atomic E-state index is -3.37. The summed E-state index contributed by atoms with van der Waals surface area (Å²) in [5, 5.41) is 6.69. The topological polar surface area (TPSA) is 79.8 Å². The van der Waals surface area contributed by atoms with Gasteiger partial charge in [-0.25, -0.2) is 8.42 Å². The second kappa shape index (κ2) is 9.10. The molecule has 28 heavy (non-hydrogen) atoms. The Morgan fingerprint density at radius 3 is 2.61 bits per heavy atom. The Bertz CT molecular complexity index is 914. The van der Waals surface area contributed by atoms with Crippen LogP contribution >= 0.6 is 0 Å². The number of nitrogens with one attached hydrogen (secondary N) is 2. The molecule has 6 nitrogen and oxygen atoms in total. The third-order valence-electron chi connectivity index (χ3n) is 4.85. The van der Waals surface area contributed by atoms with Crippen molar-refractivity contribution < 1.29 is 13.2 Å². The highest BCUT2D eigenvalue weighted by molar-refractivity contribution is 7.91. The number of nitrogens with zero attached hydrogens (tertiary/aromatic N) is 1. The molecule has 0 aliphatic carbocycles. The molecule has 3 rings (SSSR count). The number of para-hydroxylation sites is 1. The van der Waals surface area contributed by atoms with Crippen molar-refractivity contribution in [3.8, 4) is 5.75 Å². The summed E-state index contributed by atoms with van der Waals surface area (Å²) in [4.78, 5) is 4.65. The molecule has 0 aromatic heterocycles. The first kappa shape index (κ1) is 20.2. The monoisotopic (exact) mass is 401 g/mol. The summed E-state index contributed by atoms with van der Waals surface area (Å²) in [6.07, 6.45) is 1.48. The van der Waals surface area contributed by atoms with E-state index in [4.69, 9.17) is 4.74 Å². The van der Waals surface area contributed by atoms with E-state index in [9.17, 15) is 8.42 Å². The standard InChI is InChI=1S/C21H27N3O3S/c1-3-16(15-28(25,26)17-9-5-4-6-10-17)23-21(22-2)24-19-13-14-27-20-12-8-7-11-18(19)20/h4-12,16,19H,3,13-15H2,1-2H3,(H2,22,23,24). The van der Waals surface area contributed by atoms with Gasteiger partial charge in [0.2, 0.25) is 0 Å². The summed E-state index contributed by atoms with van der Waals surface area (Å²) in [7, 11) is -1.68. The van der Waals surface area contributed by atoms with Gasteiger partial charge in [-0.05, 0) is 24.6 Å². The van der Waals surface area contributed by atoms with Crippen LogP contribution in [0.15, 0.2) is 64.5 Å². The maximum Gasteiger partial charge on any atom is 0.191 e. The van der Waals surface area contributed by atoms with Crippen LogP contribution in [0.25, 0.3) is 0 Å². The quantitative estimate of drug-likeness (QED) is 0.575. The lowest BCUT2D eigenvalue weighted by Crippen LogP contribution is -2.47. The number of hydrogen-bond acceptors (Lipinski definition) is 4. The van der Waals surface area contributed by atoms with Crippen LogP contribution < -0.4 is 15.4 Å². The summed E-state index contributed by atoms with van der Waals surface area (Å²) in [6, 6.07) is 16.3. The summed E-state index contributed by atoms with van der Waals surface area (Å²) >= 11 is 0. The fourth-order valence-corrected chi connectivity index (χ4v) is 4.88. The van der Waals surface area contributed by atoms with Gasteiger partial charge in [0.1, 0.15) is 5.75 Å². The molecule has 0 radical (unpaired) electrons. The lowest BCUT2D eigenvalue weighted by atomic mass is 10.0. The molecule has 0 bridgehead atoms. The van der Waals surface area contributed by atoms with E-state index in [0.717, 1.165) is 17.7 Å². The zero-order chi connectivity index (χ0) is 20.0. The van der Waals surface area contributed by atoms with Crippen molar-refractivity contribution in [3.63, 3.8) is 0 Å². The Labute approximate surface area is 167 Å². The van der Waals surface area contributed by atoms with Crippen LogP contribution in [0, 0.1) is 0 Å². The van der Waals surface area contributed by atoms with Crippen molar-refractivity contribution in [1.82, 2.24) is 10.6 Å². The fraction of sp³-hybridized carbons (Fsp3) is 0.381. The van der Waals surface area contributed by atoms with Crippen LogP contribution in [0.2, 0.25) is 0 Å². The van der Waals surface area contributed by atoms with Gasteiger partial charge < -0.3 is 15.4 Å². The number of ether oxygens (including phenoxy) is 1. The number of fused-ring (bicyclic) bond motifs is 1. The van der Waals surface area contributed by atoms with E-state index in [1.54, 1.807) is 31.3 Å². The third-order valence-corrected chi connectivity index (χ3v) is 6.68. The molecule has 2 atom stereocenters. The molecule has 1 aliphatic heterocycles. The molecule has 2 aromatic carbocycles. The van der Waals surface area contributed by atoms with Gasteiger partial charge in [0, 0.05) is 25.1 Å². The van der Waals surface area contributed by atoms with E-state index < -0.39 is 9.84 Å². The molecule has 0 spiro atoms. The second-order valence-corrected chi connectivity index (χ2v) is 8.82. The lowest BCUT2D eigenvalue weighted by molar-refractivity contribution is 0.261. The number of hydrogen-bond donors (Lipinski definition) is 2. The smallest absolute Gasteiger partial charge is 0.191 e. The predicted molar refractivity (Wildman–Crippen MR) is 111 cm³/mol. The van der Waals surface area contributed by atoms with Crippen LogP contribution in [-0.2, 0) is 9.84 Å². The molecule has 2 unspecified atom stereocenters. The largest absolute Gasteiger partial charge is 0.493 e. The molecule has 1 heterocycles. The fourth-order valence-electron chi connectivity index (χ4n) is 3.27. The summed E-state index contributed by atoms with van der Waals surface area (Å²) in [6.45, 7) is 2.60. The molecule has 7 heteroatoms. The van der Waals surface area contributed by atoms with E-state index in [0.29, 0.717) is 23.9 Å². The van der Waals surface area contributed by atoms with Gasteiger partial charge in [-0.1, -0.05) is 43.3 Å². The number of aliphatic imine (C=N–C) groups is 1. The molecule has 0 saturated carbocycles. The molecular formula is C21H27N3O3S. The average molecular weight is 402 g/mol. The number of benzene rings is 2. The van der Waals surface area contributed by atoms with Crippen molar-refractivity contribution in [2.24, 2.45) is 4.99 Å².